The number of oxime groups is 1. The third-order valence-corrected chi connectivity index (χ3v) is 2.35. The summed E-state index contributed by atoms with van der Waals surface area (Å²) in [6.07, 6.45) is 1.68. The molecule has 3 N–H and O–H groups in total. The van der Waals surface area contributed by atoms with Gasteiger partial charge in [-0.2, -0.15) is 11.8 Å². The van der Waals surface area contributed by atoms with Crippen LogP contribution in [0.5, 0.6) is 0 Å². The average molecular weight is 176 g/mol. The Bertz CT molecular complexity index is 126. The van der Waals surface area contributed by atoms with Crippen molar-refractivity contribution in [3.8, 4) is 0 Å². The van der Waals surface area contributed by atoms with E-state index in [0.29, 0.717) is 17.5 Å². The maximum Gasteiger partial charge on any atom is 0.139 e. The van der Waals surface area contributed by atoms with Crippen molar-refractivity contribution in [3.63, 3.8) is 0 Å². The van der Waals surface area contributed by atoms with Gasteiger partial charge >= 0.3 is 0 Å². The van der Waals surface area contributed by atoms with Crippen LogP contribution in [-0.2, 0) is 0 Å². The summed E-state index contributed by atoms with van der Waals surface area (Å²) in [6.45, 7) is 4.32. The van der Waals surface area contributed by atoms with Gasteiger partial charge < -0.3 is 10.9 Å². The van der Waals surface area contributed by atoms with Crippen LogP contribution in [0.3, 0.4) is 0 Å². The number of rotatable bonds is 5. The lowest BCUT2D eigenvalue weighted by Crippen LogP contribution is -2.11. The van der Waals surface area contributed by atoms with Gasteiger partial charge in [0.05, 0.1) is 0 Å². The molecular formula is C7H16N2OS. The lowest BCUT2D eigenvalue weighted by molar-refractivity contribution is 0.317. The molecule has 0 bridgehead atoms. The Balaban J connectivity index is 3.15. The van der Waals surface area contributed by atoms with E-state index in [2.05, 4.69) is 19.0 Å². The van der Waals surface area contributed by atoms with Gasteiger partial charge in [-0.05, 0) is 17.4 Å². The van der Waals surface area contributed by atoms with Gasteiger partial charge in [0.2, 0.25) is 0 Å². The van der Waals surface area contributed by atoms with E-state index in [0.717, 1.165) is 12.2 Å². The molecule has 0 heterocycles. The topological polar surface area (TPSA) is 58.6 Å². The first-order chi connectivity index (χ1) is 5.16. The average Bonchev–Trinajstić information content (AvgIpc) is 1.97. The van der Waals surface area contributed by atoms with Crippen molar-refractivity contribution in [2.45, 2.75) is 31.9 Å². The molecule has 0 aromatic carbocycles. The fourth-order valence-electron chi connectivity index (χ4n) is 0.622. The van der Waals surface area contributed by atoms with Gasteiger partial charge in [0.1, 0.15) is 5.84 Å². The molecule has 0 unspecified atom stereocenters. The quantitative estimate of drug-likeness (QED) is 0.220. The number of nitrogens with zero attached hydrogens (tertiary/aromatic N) is 1. The van der Waals surface area contributed by atoms with Crippen LogP contribution in [0.2, 0.25) is 0 Å². The van der Waals surface area contributed by atoms with E-state index in [-0.39, 0.29) is 0 Å². The molecule has 11 heavy (non-hydrogen) atoms. The Hall–Kier alpha value is -0.380. The predicted octanol–water partition coefficient (Wildman–Crippen LogP) is 1.65. The molecule has 0 saturated carbocycles. The van der Waals surface area contributed by atoms with Crippen molar-refractivity contribution in [1.82, 2.24) is 0 Å². The van der Waals surface area contributed by atoms with E-state index in [1.807, 2.05) is 11.8 Å². The monoisotopic (exact) mass is 176 g/mol. The SMILES string of the molecule is CC(C)SCCC/C(N)=N/O. The second-order valence-electron chi connectivity index (χ2n) is 2.61. The van der Waals surface area contributed by atoms with Crippen LogP contribution in [-0.4, -0.2) is 22.0 Å². The molecular weight excluding hydrogens is 160 g/mol. The van der Waals surface area contributed by atoms with E-state index < -0.39 is 0 Å². The van der Waals surface area contributed by atoms with E-state index >= 15 is 0 Å². The van der Waals surface area contributed by atoms with Crippen LogP contribution in [0.15, 0.2) is 5.16 Å². The van der Waals surface area contributed by atoms with Gasteiger partial charge in [0, 0.05) is 6.42 Å². The zero-order valence-corrected chi connectivity index (χ0v) is 7.90. The third-order valence-electron chi connectivity index (χ3n) is 1.16. The van der Waals surface area contributed by atoms with Gasteiger partial charge in [-0.15, -0.1) is 0 Å². The Morgan fingerprint density at radius 3 is 2.73 bits per heavy atom. The van der Waals surface area contributed by atoms with Gasteiger partial charge in [-0.1, -0.05) is 19.0 Å². The van der Waals surface area contributed by atoms with E-state index in [4.69, 9.17) is 10.9 Å². The predicted molar refractivity (Wildman–Crippen MR) is 50.2 cm³/mol. The molecule has 0 spiro atoms. The van der Waals surface area contributed by atoms with E-state index in [9.17, 15) is 0 Å². The number of thioether (sulfide) groups is 1. The van der Waals surface area contributed by atoms with Crippen LogP contribution >= 0.6 is 11.8 Å². The highest BCUT2D eigenvalue weighted by Crippen LogP contribution is 2.10. The number of hydrogen-bond donors (Lipinski definition) is 2. The summed E-state index contributed by atoms with van der Waals surface area (Å²) in [5.74, 6) is 1.41. The fourth-order valence-corrected chi connectivity index (χ4v) is 1.40. The fraction of sp³-hybridized carbons (Fsp3) is 0.857. The van der Waals surface area contributed by atoms with Gasteiger partial charge in [-0.25, -0.2) is 0 Å². The first-order valence-electron chi connectivity index (χ1n) is 3.74. The molecule has 0 aliphatic rings. The molecule has 0 aromatic rings. The Morgan fingerprint density at radius 2 is 2.27 bits per heavy atom. The van der Waals surface area contributed by atoms with E-state index in [1.165, 1.54) is 0 Å². The highest BCUT2D eigenvalue weighted by molar-refractivity contribution is 7.99. The van der Waals surface area contributed by atoms with Gasteiger partial charge in [0.25, 0.3) is 0 Å². The standard InChI is InChI=1S/C7H16N2OS/c1-6(2)11-5-3-4-7(8)9-10/h6,10H,3-5H2,1-2H3,(H2,8,9). The van der Waals surface area contributed by atoms with Gasteiger partial charge in [0.15, 0.2) is 0 Å². The summed E-state index contributed by atoms with van der Waals surface area (Å²) in [7, 11) is 0. The number of amidine groups is 1. The highest BCUT2D eigenvalue weighted by Gasteiger charge is 1.96. The molecule has 0 aliphatic heterocycles. The molecule has 0 fully saturated rings. The molecule has 0 aliphatic carbocycles. The normalized spacial score (nSPS) is 12.5. The molecule has 0 aromatic heterocycles. The molecule has 0 radical (unpaired) electrons. The molecule has 0 saturated heterocycles. The van der Waals surface area contributed by atoms with E-state index in [1.54, 1.807) is 0 Å². The minimum absolute atomic E-state index is 0.328. The van der Waals surface area contributed by atoms with Crippen LogP contribution in [0.4, 0.5) is 0 Å². The summed E-state index contributed by atoms with van der Waals surface area (Å²) in [6, 6.07) is 0. The second-order valence-corrected chi connectivity index (χ2v) is 4.30. The lowest BCUT2D eigenvalue weighted by Gasteiger charge is -2.02. The smallest absolute Gasteiger partial charge is 0.139 e. The molecule has 4 heteroatoms. The Kier molecular flexibility index (Phi) is 6.12. The zero-order chi connectivity index (χ0) is 8.69. The summed E-state index contributed by atoms with van der Waals surface area (Å²) < 4.78 is 0. The Labute approximate surface area is 72.0 Å². The lowest BCUT2D eigenvalue weighted by atomic mass is 10.3. The number of hydrogen-bond acceptors (Lipinski definition) is 3. The van der Waals surface area contributed by atoms with Crippen molar-refractivity contribution < 1.29 is 5.21 Å². The second kappa shape index (κ2) is 6.34. The molecule has 66 valence electrons. The van der Waals surface area contributed by atoms with Crippen molar-refractivity contribution in [2.75, 3.05) is 5.75 Å². The molecule has 0 amide bonds. The van der Waals surface area contributed by atoms with Crippen molar-refractivity contribution in [3.05, 3.63) is 0 Å². The largest absolute Gasteiger partial charge is 0.409 e. The first-order valence-corrected chi connectivity index (χ1v) is 4.79. The summed E-state index contributed by atoms with van der Waals surface area (Å²) in [4.78, 5) is 0. The third kappa shape index (κ3) is 7.52. The molecule has 0 rings (SSSR count). The maximum absolute atomic E-state index is 8.20. The summed E-state index contributed by atoms with van der Waals surface area (Å²) >= 11 is 1.89. The van der Waals surface area contributed by atoms with Crippen molar-refractivity contribution in [2.24, 2.45) is 10.9 Å². The van der Waals surface area contributed by atoms with Gasteiger partial charge in [-0.3, -0.25) is 0 Å². The molecule has 0 atom stereocenters. The van der Waals surface area contributed by atoms with Crippen LogP contribution < -0.4 is 5.73 Å². The number of nitrogens with two attached hydrogens (primary N) is 1. The first kappa shape index (κ1) is 10.6. The maximum atomic E-state index is 8.20. The highest BCUT2D eigenvalue weighted by atomic mass is 32.2. The van der Waals surface area contributed by atoms with Crippen molar-refractivity contribution >= 4 is 17.6 Å². The van der Waals surface area contributed by atoms with Crippen LogP contribution in [0.1, 0.15) is 26.7 Å². The minimum Gasteiger partial charge on any atom is -0.409 e. The Morgan fingerprint density at radius 1 is 1.64 bits per heavy atom. The summed E-state index contributed by atoms with van der Waals surface area (Å²) in [5.41, 5.74) is 5.28. The van der Waals surface area contributed by atoms with Crippen LogP contribution in [0, 0.1) is 0 Å². The summed E-state index contributed by atoms with van der Waals surface area (Å²) in [5, 5.41) is 11.8. The minimum atomic E-state index is 0.328. The molecule has 3 nitrogen and oxygen atoms in total. The zero-order valence-electron chi connectivity index (χ0n) is 7.08. The van der Waals surface area contributed by atoms with Crippen molar-refractivity contribution in [1.29, 1.82) is 0 Å². The van der Waals surface area contributed by atoms with Crippen LogP contribution in [0.25, 0.3) is 0 Å².